The van der Waals surface area contributed by atoms with Crippen LogP contribution < -0.4 is 11.1 Å². The highest BCUT2D eigenvalue weighted by Crippen LogP contribution is 2.25. The van der Waals surface area contributed by atoms with Gasteiger partial charge in [0.1, 0.15) is 0 Å². The molecule has 0 amide bonds. The Labute approximate surface area is 143 Å². The zero-order chi connectivity index (χ0) is 16.4. The molecule has 24 heavy (non-hydrogen) atoms. The van der Waals surface area contributed by atoms with Gasteiger partial charge in [-0.05, 0) is 78.3 Å². The first-order valence-corrected chi connectivity index (χ1v) is 8.54. The summed E-state index contributed by atoms with van der Waals surface area (Å²) in [7, 11) is 0. The van der Waals surface area contributed by atoms with Crippen LogP contribution in [0, 0.1) is 5.92 Å². The highest BCUT2D eigenvalue weighted by atomic mass is 14.9. The van der Waals surface area contributed by atoms with E-state index in [4.69, 9.17) is 5.73 Å². The van der Waals surface area contributed by atoms with Gasteiger partial charge >= 0.3 is 0 Å². The Morgan fingerprint density at radius 1 is 0.708 bits per heavy atom. The van der Waals surface area contributed by atoms with Gasteiger partial charge in [-0.25, -0.2) is 0 Å². The summed E-state index contributed by atoms with van der Waals surface area (Å²) in [6, 6.07) is 26.0. The number of hydrogen-bond donors (Lipinski definition) is 2. The first kappa shape index (κ1) is 14.8. The van der Waals surface area contributed by atoms with E-state index in [1.807, 2.05) is 12.1 Å². The molecule has 0 saturated carbocycles. The van der Waals surface area contributed by atoms with Crippen LogP contribution in [0.4, 0.5) is 17.1 Å². The average molecular weight is 314 g/mol. The standard InChI is InChI=1S/C22H22N2/c23-20-7-1-16(2-8-20)13-19-14-17-3-9-21(10-4-17)24-22-11-5-18(15-19)6-12-22/h1-12,19,24H,13-15,23H2. The van der Waals surface area contributed by atoms with E-state index in [1.54, 1.807) is 0 Å². The monoisotopic (exact) mass is 314 g/mol. The summed E-state index contributed by atoms with van der Waals surface area (Å²) >= 11 is 0. The molecule has 120 valence electrons. The summed E-state index contributed by atoms with van der Waals surface area (Å²) in [4.78, 5) is 0. The lowest BCUT2D eigenvalue weighted by Crippen LogP contribution is -2.12. The summed E-state index contributed by atoms with van der Waals surface area (Å²) in [5.41, 5.74) is 13.1. The minimum absolute atomic E-state index is 0.581. The molecule has 4 heterocycles. The van der Waals surface area contributed by atoms with Crippen LogP contribution in [0.5, 0.6) is 0 Å². The normalized spacial score (nSPS) is 14.0. The zero-order valence-electron chi connectivity index (χ0n) is 13.7. The third-order valence-electron chi connectivity index (χ3n) is 4.75. The molecule has 4 aliphatic rings. The van der Waals surface area contributed by atoms with Gasteiger partial charge in [-0.2, -0.15) is 0 Å². The molecule has 0 fully saturated rings. The first-order chi connectivity index (χ1) is 11.7. The Balaban J connectivity index is 1.65. The number of nitrogens with two attached hydrogens (primary N) is 1. The quantitative estimate of drug-likeness (QED) is 0.655. The maximum absolute atomic E-state index is 5.82. The van der Waals surface area contributed by atoms with Crippen molar-refractivity contribution in [2.24, 2.45) is 5.92 Å². The van der Waals surface area contributed by atoms with Crippen molar-refractivity contribution in [1.29, 1.82) is 0 Å². The molecule has 0 saturated heterocycles. The Morgan fingerprint density at radius 2 is 1.21 bits per heavy atom. The van der Waals surface area contributed by atoms with Crippen molar-refractivity contribution in [3.63, 3.8) is 0 Å². The van der Waals surface area contributed by atoms with Crippen LogP contribution in [0.25, 0.3) is 0 Å². The average Bonchev–Trinajstić information content (AvgIpc) is 2.58. The highest BCUT2D eigenvalue weighted by Gasteiger charge is 2.13. The molecule has 2 heteroatoms. The van der Waals surface area contributed by atoms with Crippen molar-refractivity contribution in [2.45, 2.75) is 19.3 Å². The maximum Gasteiger partial charge on any atom is 0.0384 e. The Hall–Kier alpha value is -2.74. The van der Waals surface area contributed by atoms with Crippen molar-refractivity contribution < 1.29 is 0 Å². The van der Waals surface area contributed by atoms with Gasteiger partial charge < -0.3 is 11.1 Å². The van der Waals surface area contributed by atoms with Crippen LogP contribution in [0.1, 0.15) is 16.7 Å². The lowest BCUT2D eigenvalue weighted by molar-refractivity contribution is 0.518. The Bertz CT molecular complexity index is 752. The predicted molar refractivity (Wildman–Crippen MR) is 102 cm³/mol. The summed E-state index contributed by atoms with van der Waals surface area (Å²) in [5, 5.41) is 3.45. The van der Waals surface area contributed by atoms with Crippen molar-refractivity contribution in [3.05, 3.63) is 89.5 Å². The van der Waals surface area contributed by atoms with Crippen LogP contribution in [0.2, 0.25) is 0 Å². The molecular weight excluding hydrogens is 292 g/mol. The van der Waals surface area contributed by atoms with E-state index in [1.165, 1.54) is 16.7 Å². The predicted octanol–water partition coefficient (Wildman–Crippen LogP) is 4.97. The summed E-state index contributed by atoms with van der Waals surface area (Å²) in [5.74, 6) is 0.581. The number of anilines is 3. The molecule has 3 aromatic rings. The second-order valence-corrected chi connectivity index (χ2v) is 6.74. The van der Waals surface area contributed by atoms with Gasteiger partial charge in [0.05, 0.1) is 0 Å². The SMILES string of the molecule is Nc1ccc(CC2Cc3ccc(cc3)Nc3ccc(cc3)C2)cc1. The van der Waals surface area contributed by atoms with E-state index >= 15 is 0 Å². The van der Waals surface area contributed by atoms with Gasteiger partial charge in [-0.3, -0.25) is 0 Å². The van der Waals surface area contributed by atoms with Crippen LogP contribution in [-0.2, 0) is 19.3 Å². The van der Waals surface area contributed by atoms with Gasteiger partial charge in [0.2, 0.25) is 0 Å². The molecule has 7 rings (SSSR count). The number of hydrogen-bond acceptors (Lipinski definition) is 2. The van der Waals surface area contributed by atoms with Gasteiger partial charge in [0, 0.05) is 17.1 Å². The lowest BCUT2D eigenvalue weighted by Gasteiger charge is -2.19. The minimum Gasteiger partial charge on any atom is -0.399 e. The Morgan fingerprint density at radius 3 is 1.71 bits per heavy atom. The van der Waals surface area contributed by atoms with Crippen molar-refractivity contribution in [3.8, 4) is 0 Å². The molecule has 0 atom stereocenters. The summed E-state index contributed by atoms with van der Waals surface area (Å²) < 4.78 is 0. The summed E-state index contributed by atoms with van der Waals surface area (Å²) in [6.07, 6.45) is 3.25. The molecule has 3 N–H and O–H groups in total. The van der Waals surface area contributed by atoms with Gasteiger partial charge in [0.25, 0.3) is 0 Å². The van der Waals surface area contributed by atoms with Crippen LogP contribution in [-0.4, -0.2) is 0 Å². The van der Waals surface area contributed by atoms with Crippen LogP contribution >= 0.6 is 0 Å². The highest BCUT2D eigenvalue weighted by molar-refractivity contribution is 5.60. The molecule has 0 radical (unpaired) electrons. The van der Waals surface area contributed by atoms with Gasteiger partial charge in [-0.15, -0.1) is 0 Å². The van der Waals surface area contributed by atoms with Crippen molar-refractivity contribution in [1.82, 2.24) is 0 Å². The molecule has 3 aromatic carbocycles. The van der Waals surface area contributed by atoms with Crippen LogP contribution in [0.15, 0.2) is 72.8 Å². The smallest absolute Gasteiger partial charge is 0.0384 e. The molecule has 4 bridgehead atoms. The number of rotatable bonds is 2. The second-order valence-electron chi connectivity index (χ2n) is 6.74. The van der Waals surface area contributed by atoms with E-state index in [9.17, 15) is 0 Å². The number of nitrogens with one attached hydrogen (secondary N) is 1. The molecule has 0 spiro atoms. The molecule has 0 unspecified atom stereocenters. The zero-order valence-corrected chi connectivity index (χ0v) is 13.7. The van der Waals surface area contributed by atoms with Crippen LogP contribution in [0.3, 0.4) is 0 Å². The number of nitrogen functional groups attached to an aromatic ring is 1. The fourth-order valence-corrected chi connectivity index (χ4v) is 3.49. The third-order valence-corrected chi connectivity index (χ3v) is 4.75. The van der Waals surface area contributed by atoms with E-state index in [0.29, 0.717) is 5.92 Å². The molecule has 2 nitrogen and oxygen atoms in total. The van der Waals surface area contributed by atoms with Gasteiger partial charge in [-0.1, -0.05) is 36.4 Å². The second kappa shape index (κ2) is 6.40. The van der Waals surface area contributed by atoms with Gasteiger partial charge in [0.15, 0.2) is 0 Å². The maximum atomic E-state index is 5.82. The van der Waals surface area contributed by atoms with E-state index in [2.05, 4.69) is 66.0 Å². The fraction of sp³-hybridized carbons (Fsp3) is 0.182. The molecule has 0 aromatic heterocycles. The molecular formula is C22H22N2. The summed E-state index contributed by atoms with van der Waals surface area (Å²) in [6.45, 7) is 0. The fourth-order valence-electron chi connectivity index (χ4n) is 3.49. The van der Waals surface area contributed by atoms with E-state index in [0.717, 1.165) is 36.3 Å². The number of benzene rings is 3. The largest absolute Gasteiger partial charge is 0.399 e. The van der Waals surface area contributed by atoms with E-state index in [-0.39, 0.29) is 0 Å². The topological polar surface area (TPSA) is 38.0 Å². The third kappa shape index (κ3) is 3.43. The Kier molecular flexibility index (Phi) is 3.96. The molecule has 4 aliphatic heterocycles. The van der Waals surface area contributed by atoms with Crippen molar-refractivity contribution in [2.75, 3.05) is 11.1 Å². The van der Waals surface area contributed by atoms with Crippen molar-refractivity contribution >= 4 is 17.1 Å². The first-order valence-electron chi connectivity index (χ1n) is 8.54. The lowest BCUT2D eigenvalue weighted by atomic mass is 9.87. The minimum atomic E-state index is 0.581. The molecule has 0 aliphatic carbocycles. The van der Waals surface area contributed by atoms with E-state index < -0.39 is 0 Å².